The molecule has 0 saturated carbocycles. The number of hydrogen-bond donors (Lipinski definition) is 0. The molecule has 0 bridgehead atoms. The zero-order valence-corrected chi connectivity index (χ0v) is 15.3. The first-order chi connectivity index (χ1) is 13.7. The van der Waals surface area contributed by atoms with Crippen LogP contribution in [0.5, 0.6) is 0 Å². The lowest BCUT2D eigenvalue weighted by Gasteiger charge is -2.25. The SMILES string of the molecule is N#Cc1ccccc1Cn1cc(C(=O)C(=O)N2CCOCC2)c2ccccc21. The van der Waals surface area contributed by atoms with Gasteiger partial charge in [0.2, 0.25) is 0 Å². The van der Waals surface area contributed by atoms with Crippen LogP contribution in [-0.4, -0.2) is 47.5 Å². The fraction of sp³-hybridized carbons (Fsp3) is 0.227. The molecule has 2 aromatic carbocycles. The number of para-hydroxylation sites is 1. The number of fused-ring (bicyclic) bond motifs is 1. The van der Waals surface area contributed by atoms with Crippen LogP contribution >= 0.6 is 0 Å². The van der Waals surface area contributed by atoms with Gasteiger partial charge in [0.05, 0.1) is 30.4 Å². The van der Waals surface area contributed by atoms with Crippen LogP contribution in [0.15, 0.2) is 54.7 Å². The van der Waals surface area contributed by atoms with Crippen molar-refractivity contribution in [2.24, 2.45) is 0 Å². The highest BCUT2D eigenvalue weighted by molar-refractivity contribution is 6.44. The predicted octanol–water partition coefficient (Wildman–Crippen LogP) is 2.60. The van der Waals surface area contributed by atoms with Crippen molar-refractivity contribution in [3.05, 3.63) is 71.4 Å². The van der Waals surface area contributed by atoms with E-state index < -0.39 is 11.7 Å². The lowest BCUT2D eigenvalue weighted by atomic mass is 10.1. The summed E-state index contributed by atoms with van der Waals surface area (Å²) < 4.78 is 7.18. The van der Waals surface area contributed by atoms with E-state index in [-0.39, 0.29) is 0 Å². The number of carbonyl (C=O) groups excluding carboxylic acids is 2. The molecule has 0 atom stereocenters. The monoisotopic (exact) mass is 373 g/mol. The molecule has 1 aliphatic heterocycles. The summed E-state index contributed by atoms with van der Waals surface area (Å²) >= 11 is 0. The maximum Gasteiger partial charge on any atom is 0.295 e. The molecule has 2 heterocycles. The number of aromatic nitrogens is 1. The lowest BCUT2D eigenvalue weighted by molar-refractivity contribution is -0.130. The Morgan fingerprint density at radius 2 is 1.75 bits per heavy atom. The highest BCUT2D eigenvalue weighted by Crippen LogP contribution is 2.24. The third kappa shape index (κ3) is 3.28. The van der Waals surface area contributed by atoms with Gasteiger partial charge in [-0.25, -0.2) is 0 Å². The molecule has 6 nitrogen and oxygen atoms in total. The van der Waals surface area contributed by atoms with Crippen molar-refractivity contribution >= 4 is 22.6 Å². The lowest BCUT2D eigenvalue weighted by Crippen LogP contribution is -2.44. The average Bonchev–Trinajstić information content (AvgIpc) is 3.12. The Morgan fingerprint density at radius 3 is 2.54 bits per heavy atom. The molecule has 1 aliphatic rings. The molecule has 28 heavy (non-hydrogen) atoms. The molecule has 6 heteroatoms. The Labute approximate surface area is 162 Å². The molecule has 140 valence electrons. The van der Waals surface area contributed by atoms with E-state index in [9.17, 15) is 14.9 Å². The van der Waals surface area contributed by atoms with Crippen LogP contribution in [0, 0.1) is 11.3 Å². The molecule has 3 aromatic rings. The second kappa shape index (κ2) is 7.67. The Morgan fingerprint density at radius 1 is 1.04 bits per heavy atom. The second-order valence-electron chi connectivity index (χ2n) is 6.69. The highest BCUT2D eigenvalue weighted by atomic mass is 16.5. The van der Waals surface area contributed by atoms with E-state index >= 15 is 0 Å². The molecule has 0 radical (unpaired) electrons. The highest BCUT2D eigenvalue weighted by Gasteiger charge is 2.27. The van der Waals surface area contributed by atoms with Crippen LogP contribution in [0.25, 0.3) is 10.9 Å². The van der Waals surface area contributed by atoms with Crippen LogP contribution in [0.3, 0.4) is 0 Å². The third-order valence-corrected chi connectivity index (χ3v) is 5.00. The minimum atomic E-state index is -0.509. The number of amides is 1. The second-order valence-corrected chi connectivity index (χ2v) is 6.69. The van der Waals surface area contributed by atoms with Crippen LogP contribution in [0.2, 0.25) is 0 Å². The summed E-state index contributed by atoms with van der Waals surface area (Å²) in [7, 11) is 0. The van der Waals surface area contributed by atoms with Crippen molar-refractivity contribution in [3.8, 4) is 6.07 Å². The van der Waals surface area contributed by atoms with Gasteiger partial charge in [0, 0.05) is 36.7 Å². The number of Topliss-reactive ketones (excluding diaryl/α,β-unsaturated/α-hetero) is 1. The van der Waals surface area contributed by atoms with Crippen molar-refractivity contribution in [1.29, 1.82) is 5.26 Å². The first-order valence-corrected chi connectivity index (χ1v) is 9.16. The van der Waals surface area contributed by atoms with E-state index in [1.165, 1.54) is 0 Å². The Bertz CT molecular complexity index is 1090. The molecule has 0 unspecified atom stereocenters. The number of nitriles is 1. The predicted molar refractivity (Wildman–Crippen MR) is 104 cm³/mol. The average molecular weight is 373 g/mol. The molecule has 0 spiro atoms. The van der Waals surface area contributed by atoms with Crippen LogP contribution in [0.1, 0.15) is 21.5 Å². The first-order valence-electron chi connectivity index (χ1n) is 9.16. The summed E-state index contributed by atoms with van der Waals surface area (Å²) in [6.07, 6.45) is 1.72. The maximum atomic E-state index is 12.9. The van der Waals surface area contributed by atoms with Crippen molar-refractivity contribution < 1.29 is 14.3 Å². The topological polar surface area (TPSA) is 75.3 Å². The Balaban J connectivity index is 1.71. The molecular formula is C22H19N3O3. The summed E-state index contributed by atoms with van der Waals surface area (Å²) in [4.78, 5) is 27.2. The summed E-state index contributed by atoms with van der Waals surface area (Å²) in [5, 5.41) is 10.1. The van der Waals surface area contributed by atoms with E-state index in [1.807, 2.05) is 47.0 Å². The third-order valence-electron chi connectivity index (χ3n) is 5.00. The molecule has 1 aromatic heterocycles. The number of rotatable bonds is 4. The normalized spacial score (nSPS) is 14.0. The van der Waals surface area contributed by atoms with Gasteiger partial charge in [0.15, 0.2) is 0 Å². The summed E-state index contributed by atoms with van der Waals surface area (Å²) in [6.45, 7) is 2.21. The molecule has 1 fully saturated rings. The van der Waals surface area contributed by atoms with Crippen LogP contribution in [0.4, 0.5) is 0 Å². The quantitative estimate of drug-likeness (QED) is 0.520. The Kier molecular flexibility index (Phi) is 4.92. The summed E-state index contributed by atoms with van der Waals surface area (Å²) in [6, 6.07) is 17.1. The smallest absolute Gasteiger partial charge is 0.295 e. The van der Waals surface area contributed by atoms with Crippen molar-refractivity contribution in [3.63, 3.8) is 0 Å². The van der Waals surface area contributed by atoms with Gasteiger partial charge in [-0.3, -0.25) is 9.59 Å². The molecule has 0 aliphatic carbocycles. The van der Waals surface area contributed by atoms with E-state index in [4.69, 9.17) is 4.74 Å². The van der Waals surface area contributed by atoms with Gasteiger partial charge in [-0.2, -0.15) is 5.26 Å². The zero-order valence-electron chi connectivity index (χ0n) is 15.3. The largest absolute Gasteiger partial charge is 0.378 e. The van der Waals surface area contributed by atoms with Gasteiger partial charge in [-0.05, 0) is 17.7 Å². The van der Waals surface area contributed by atoms with Crippen molar-refractivity contribution in [1.82, 2.24) is 9.47 Å². The van der Waals surface area contributed by atoms with E-state index in [0.717, 1.165) is 16.5 Å². The number of carbonyl (C=O) groups is 2. The van der Waals surface area contributed by atoms with Gasteiger partial charge in [-0.15, -0.1) is 0 Å². The number of ether oxygens (including phenoxy) is 1. The van der Waals surface area contributed by atoms with E-state index in [1.54, 1.807) is 17.2 Å². The minimum absolute atomic E-state index is 0.390. The standard InChI is InChI=1S/C22H19N3O3/c23-13-16-5-1-2-6-17(16)14-25-15-19(18-7-3-4-8-20(18)25)21(26)22(27)24-9-11-28-12-10-24/h1-8,15H,9-12,14H2. The molecule has 0 N–H and O–H groups in total. The number of morpholine rings is 1. The molecule has 1 amide bonds. The van der Waals surface area contributed by atoms with Crippen molar-refractivity contribution in [2.45, 2.75) is 6.54 Å². The number of ketones is 1. The Hall–Kier alpha value is -3.43. The molecular weight excluding hydrogens is 354 g/mol. The molecule has 1 saturated heterocycles. The molecule has 4 rings (SSSR count). The van der Waals surface area contributed by atoms with E-state index in [0.29, 0.717) is 44.0 Å². The maximum absolute atomic E-state index is 12.9. The first kappa shape index (κ1) is 18.0. The van der Waals surface area contributed by atoms with Gasteiger partial charge >= 0.3 is 0 Å². The fourth-order valence-corrected chi connectivity index (χ4v) is 3.53. The fourth-order valence-electron chi connectivity index (χ4n) is 3.53. The zero-order chi connectivity index (χ0) is 19.5. The summed E-state index contributed by atoms with van der Waals surface area (Å²) in [5.41, 5.74) is 2.71. The van der Waals surface area contributed by atoms with Crippen LogP contribution in [-0.2, 0) is 16.1 Å². The number of hydrogen-bond acceptors (Lipinski definition) is 4. The van der Waals surface area contributed by atoms with Gasteiger partial charge in [-0.1, -0.05) is 36.4 Å². The van der Waals surface area contributed by atoms with Gasteiger partial charge in [0.25, 0.3) is 11.7 Å². The minimum Gasteiger partial charge on any atom is -0.378 e. The van der Waals surface area contributed by atoms with E-state index in [2.05, 4.69) is 6.07 Å². The summed E-state index contributed by atoms with van der Waals surface area (Å²) in [5.74, 6) is -1.01. The van der Waals surface area contributed by atoms with Gasteiger partial charge < -0.3 is 14.2 Å². The number of benzene rings is 2. The number of nitrogens with zero attached hydrogens (tertiary/aromatic N) is 3. The van der Waals surface area contributed by atoms with Crippen molar-refractivity contribution in [2.75, 3.05) is 26.3 Å². The van der Waals surface area contributed by atoms with Gasteiger partial charge in [0.1, 0.15) is 0 Å². The van der Waals surface area contributed by atoms with Crippen LogP contribution < -0.4 is 0 Å².